The van der Waals surface area contributed by atoms with E-state index in [9.17, 15) is 8.78 Å². The van der Waals surface area contributed by atoms with Gasteiger partial charge in [0.05, 0.1) is 31.2 Å². The molecule has 0 saturated heterocycles. The monoisotopic (exact) mass is 341 g/mol. The predicted molar refractivity (Wildman–Crippen MR) is 90.2 cm³/mol. The summed E-state index contributed by atoms with van der Waals surface area (Å²) >= 11 is 0. The topological polar surface area (TPSA) is 45.1 Å². The summed E-state index contributed by atoms with van der Waals surface area (Å²) in [5, 5.41) is 6.82. The molecular weight excluding hydrogens is 324 g/mol. The van der Waals surface area contributed by atoms with Crippen molar-refractivity contribution in [2.24, 2.45) is 0 Å². The van der Waals surface area contributed by atoms with Crippen molar-refractivity contribution in [3.05, 3.63) is 65.7 Å². The SMILES string of the molecule is CC#CCN(Cc1ccco1)Cc1cn[nH]c1-c1ccc(F)cc1F. The van der Waals surface area contributed by atoms with Crippen LogP contribution in [-0.4, -0.2) is 21.6 Å². The summed E-state index contributed by atoms with van der Waals surface area (Å²) in [5.74, 6) is 5.48. The molecule has 0 atom stereocenters. The van der Waals surface area contributed by atoms with E-state index in [1.807, 2.05) is 12.1 Å². The molecule has 25 heavy (non-hydrogen) atoms. The van der Waals surface area contributed by atoms with Crippen LogP contribution in [0.1, 0.15) is 18.2 Å². The number of aromatic nitrogens is 2. The highest BCUT2D eigenvalue weighted by Gasteiger charge is 2.16. The predicted octanol–water partition coefficient (Wildman–Crippen LogP) is 3.97. The maximum absolute atomic E-state index is 14.1. The summed E-state index contributed by atoms with van der Waals surface area (Å²) < 4.78 is 32.6. The average molecular weight is 341 g/mol. The van der Waals surface area contributed by atoms with E-state index in [-0.39, 0.29) is 5.56 Å². The highest BCUT2D eigenvalue weighted by molar-refractivity contribution is 5.63. The minimum atomic E-state index is -0.628. The van der Waals surface area contributed by atoms with E-state index in [1.165, 1.54) is 12.1 Å². The van der Waals surface area contributed by atoms with Crippen LogP contribution in [0.3, 0.4) is 0 Å². The summed E-state index contributed by atoms with van der Waals surface area (Å²) in [6.07, 6.45) is 3.27. The van der Waals surface area contributed by atoms with Gasteiger partial charge in [-0.15, -0.1) is 5.92 Å². The zero-order valence-corrected chi connectivity index (χ0v) is 13.7. The number of nitrogens with zero attached hydrogens (tertiary/aromatic N) is 2. The van der Waals surface area contributed by atoms with Crippen molar-refractivity contribution in [1.29, 1.82) is 0 Å². The second-order valence-electron chi connectivity index (χ2n) is 5.55. The van der Waals surface area contributed by atoms with Crippen molar-refractivity contribution in [2.45, 2.75) is 20.0 Å². The van der Waals surface area contributed by atoms with Crippen LogP contribution in [0.25, 0.3) is 11.3 Å². The summed E-state index contributed by atoms with van der Waals surface area (Å²) in [4.78, 5) is 2.06. The molecule has 3 aromatic rings. The third-order valence-corrected chi connectivity index (χ3v) is 3.75. The fraction of sp³-hybridized carbons (Fsp3) is 0.211. The molecule has 0 bridgehead atoms. The first-order valence-electron chi connectivity index (χ1n) is 7.79. The third kappa shape index (κ3) is 4.14. The molecule has 0 spiro atoms. The molecule has 0 aliphatic rings. The normalized spacial score (nSPS) is 10.7. The summed E-state index contributed by atoms with van der Waals surface area (Å²) in [6, 6.07) is 7.22. The first-order chi connectivity index (χ1) is 12.2. The smallest absolute Gasteiger partial charge is 0.135 e. The number of hydrogen-bond acceptors (Lipinski definition) is 3. The van der Waals surface area contributed by atoms with E-state index in [4.69, 9.17) is 4.42 Å². The number of benzene rings is 1. The minimum absolute atomic E-state index is 0.286. The van der Waals surface area contributed by atoms with E-state index in [2.05, 4.69) is 26.9 Å². The first kappa shape index (κ1) is 16.9. The van der Waals surface area contributed by atoms with Gasteiger partial charge in [0.1, 0.15) is 17.4 Å². The van der Waals surface area contributed by atoms with Crippen molar-refractivity contribution in [3.8, 4) is 23.1 Å². The van der Waals surface area contributed by atoms with Crippen LogP contribution in [0.4, 0.5) is 8.78 Å². The highest BCUT2D eigenvalue weighted by Crippen LogP contribution is 2.26. The number of aromatic amines is 1. The van der Waals surface area contributed by atoms with E-state index in [1.54, 1.807) is 19.4 Å². The molecule has 0 saturated carbocycles. The average Bonchev–Trinajstić information content (AvgIpc) is 3.25. The molecule has 6 heteroatoms. The summed E-state index contributed by atoms with van der Waals surface area (Å²) in [6.45, 7) is 3.38. The van der Waals surface area contributed by atoms with Crippen LogP contribution in [0.5, 0.6) is 0 Å². The van der Waals surface area contributed by atoms with Gasteiger partial charge in [0.2, 0.25) is 0 Å². The van der Waals surface area contributed by atoms with Crippen LogP contribution in [0.2, 0.25) is 0 Å². The Kier molecular flexibility index (Phi) is 5.26. The van der Waals surface area contributed by atoms with E-state index in [0.29, 0.717) is 25.3 Å². The number of nitrogens with one attached hydrogen (secondary N) is 1. The fourth-order valence-corrected chi connectivity index (χ4v) is 2.58. The van der Waals surface area contributed by atoms with Gasteiger partial charge in [-0.05, 0) is 31.2 Å². The van der Waals surface area contributed by atoms with Crippen LogP contribution in [0, 0.1) is 23.5 Å². The second kappa shape index (κ2) is 7.77. The minimum Gasteiger partial charge on any atom is -0.468 e. The molecule has 0 radical (unpaired) electrons. The molecule has 0 fully saturated rings. The van der Waals surface area contributed by atoms with Crippen molar-refractivity contribution in [2.75, 3.05) is 6.54 Å². The highest BCUT2D eigenvalue weighted by atomic mass is 19.1. The Morgan fingerprint density at radius 1 is 1.24 bits per heavy atom. The van der Waals surface area contributed by atoms with Gasteiger partial charge in [-0.25, -0.2) is 8.78 Å². The van der Waals surface area contributed by atoms with E-state index < -0.39 is 11.6 Å². The molecule has 0 amide bonds. The lowest BCUT2D eigenvalue weighted by atomic mass is 10.1. The Morgan fingerprint density at radius 2 is 2.12 bits per heavy atom. The van der Waals surface area contributed by atoms with Crippen LogP contribution < -0.4 is 0 Å². The van der Waals surface area contributed by atoms with Crippen molar-refractivity contribution in [1.82, 2.24) is 15.1 Å². The molecule has 4 nitrogen and oxygen atoms in total. The Bertz CT molecular complexity index is 891. The van der Waals surface area contributed by atoms with Gasteiger partial charge in [0.15, 0.2) is 0 Å². The standard InChI is InChI=1S/C19H17F2N3O/c1-2-3-8-24(13-16-5-4-9-25-16)12-14-11-22-23-19(14)17-7-6-15(20)10-18(17)21/h4-7,9-11H,8,12-13H2,1H3,(H,22,23). The summed E-state index contributed by atoms with van der Waals surface area (Å²) in [5.41, 5.74) is 1.62. The molecule has 1 N–H and O–H groups in total. The van der Waals surface area contributed by atoms with Gasteiger partial charge in [0.25, 0.3) is 0 Å². The number of furan rings is 1. The summed E-state index contributed by atoms with van der Waals surface area (Å²) in [7, 11) is 0. The molecule has 2 aromatic heterocycles. The Morgan fingerprint density at radius 3 is 2.84 bits per heavy atom. The zero-order chi connectivity index (χ0) is 17.6. The lowest BCUT2D eigenvalue weighted by Gasteiger charge is -2.18. The zero-order valence-electron chi connectivity index (χ0n) is 13.7. The lowest BCUT2D eigenvalue weighted by Crippen LogP contribution is -2.23. The molecule has 0 unspecified atom stereocenters. The van der Waals surface area contributed by atoms with Crippen molar-refractivity contribution >= 4 is 0 Å². The molecule has 128 valence electrons. The van der Waals surface area contributed by atoms with E-state index >= 15 is 0 Å². The molecular formula is C19H17F2N3O. The third-order valence-electron chi connectivity index (χ3n) is 3.75. The fourth-order valence-electron chi connectivity index (χ4n) is 2.58. The number of hydrogen-bond donors (Lipinski definition) is 1. The number of halogens is 2. The molecule has 3 rings (SSSR count). The largest absolute Gasteiger partial charge is 0.468 e. The van der Waals surface area contributed by atoms with Gasteiger partial charge in [-0.3, -0.25) is 10.00 Å². The second-order valence-corrected chi connectivity index (χ2v) is 5.55. The Labute approximate surface area is 144 Å². The van der Waals surface area contributed by atoms with Crippen molar-refractivity contribution < 1.29 is 13.2 Å². The maximum Gasteiger partial charge on any atom is 0.135 e. The molecule has 0 aliphatic carbocycles. The Balaban J connectivity index is 1.85. The van der Waals surface area contributed by atoms with Gasteiger partial charge in [-0.2, -0.15) is 5.10 Å². The maximum atomic E-state index is 14.1. The first-order valence-corrected chi connectivity index (χ1v) is 7.79. The van der Waals surface area contributed by atoms with Crippen LogP contribution in [-0.2, 0) is 13.1 Å². The molecule has 1 aromatic carbocycles. The van der Waals surface area contributed by atoms with Crippen molar-refractivity contribution in [3.63, 3.8) is 0 Å². The number of rotatable bonds is 6. The quantitative estimate of drug-likeness (QED) is 0.690. The van der Waals surface area contributed by atoms with Gasteiger partial charge >= 0.3 is 0 Å². The number of H-pyrrole nitrogens is 1. The van der Waals surface area contributed by atoms with Gasteiger partial charge in [-0.1, -0.05) is 5.92 Å². The Hall–Kier alpha value is -2.91. The van der Waals surface area contributed by atoms with Gasteiger partial charge < -0.3 is 4.42 Å². The van der Waals surface area contributed by atoms with E-state index in [0.717, 1.165) is 17.4 Å². The molecule has 2 heterocycles. The van der Waals surface area contributed by atoms with Crippen LogP contribution in [0.15, 0.2) is 47.2 Å². The van der Waals surface area contributed by atoms with Gasteiger partial charge in [0, 0.05) is 23.7 Å². The van der Waals surface area contributed by atoms with Crippen LogP contribution >= 0.6 is 0 Å². The lowest BCUT2D eigenvalue weighted by molar-refractivity contribution is 0.264. The molecule has 0 aliphatic heterocycles.